The van der Waals surface area contributed by atoms with Gasteiger partial charge in [0.05, 0.1) is 21.1 Å². The molecule has 0 saturated heterocycles. The van der Waals surface area contributed by atoms with Crippen molar-refractivity contribution in [3.63, 3.8) is 0 Å². The summed E-state index contributed by atoms with van der Waals surface area (Å²) < 4.78 is 0.623. The van der Waals surface area contributed by atoms with E-state index in [0.717, 1.165) is 6.61 Å². The second-order valence-electron chi connectivity index (χ2n) is 7.32. The first-order valence-electron chi connectivity index (χ1n) is 9.52. The largest absolute Gasteiger partial charge is 1.00 e. The maximum Gasteiger partial charge on any atom is 0.106 e. The minimum absolute atomic E-state index is 0. The number of halogens is 1. The van der Waals surface area contributed by atoms with Gasteiger partial charge in [0, 0.05) is 0 Å². The van der Waals surface area contributed by atoms with E-state index in [2.05, 4.69) is 28.1 Å². The lowest BCUT2D eigenvalue weighted by Crippen LogP contribution is -3.00. The first-order valence-corrected chi connectivity index (χ1v) is 9.52. The van der Waals surface area contributed by atoms with Crippen LogP contribution in [0.1, 0.15) is 96.8 Å². The highest BCUT2D eigenvalue weighted by molar-refractivity contribution is 4.49. The van der Waals surface area contributed by atoms with Crippen LogP contribution in [0.2, 0.25) is 0 Å². The summed E-state index contributed by atoms with van der Waals surface area (Å²) in [7, 11) is 6.22. The molecule has 0 aromatic carbocycles. The molecule has 0 aromatic heterocycles. The third-order valence-electron chi connectivity index (χ3n) is 3.98. The number of nitrogens with zero attached hydrogens (tertiary/aromatic N) is 1. The maximum absolute atomic E-state index is 5.67. The molecule has 0 aliphatic rings. The Labute approximate surface area is 146 Å². The molecule has 3 heteroatoms. The molecular weight excluding hydrogens is 294 g/mol. The van der Waals surface area contributed by atoms with E-state index in [1.807, 2.05) is 0 Å². The van der Waals surface area contributed by atoms with Crippen molar-refractivity contribution in [3.05, 3.63) is 0 Å². The van der Waals surface area contributed by atoms with Crippen molar-refractivity contribution < 1.29 is 21.9 Å². The van der Waals surface area contributed by atoms with E-state index in [1.54, 1.807) is 0 Å². The van der Waals surface area contributed by atoms with Crippen molar-refractivity contribution in [3.8, 4) is 0 Å². The van der Waals surface area contributed by atoms with Crippen LogP contribution in [0.25, 0.3) is 0 Å². The van der Waals surface area contributed by atoms with Crippen molar-refractivity contribution in [2.24, 2.45) is 0 Å². The molecule has 22 heavy (non-hydrogen) atoms. The van der Waals surface area contributed by atoms with Gasteiger partial charge in [-0.25, -0.2) is 4.84 Å². The number of hydrogen-bond acceptors (Lipinski definition) is 1. The molecule has 0 rings (SSSR count). The van der Waals surface area contributed by atoms with Crippen molar-refractivity contribution in [1.29, 1.82) is 0 Å². The number of hydrogen-bond donors (Lipinski definition) is 0. The zero-order valence-corrected chi connectivity index (χ0v) is 16.6. The van der Waals surface area contributed by atoms with Crippen LogP contribution in [0.5, 0.6) is 0 Å². The molecular formula is C19H42ClNO. The summed E-state index contributed by atoms with van der Waals surface area (Å²) in [5, 5.41) is 0. The quantitative estimate of drug-likeness (QED) is 0.239. The monoisotopic (exact) mass is 335 g/mol. The molecule has 0 atom stereocenters. The van der Waals surface area contributed by atoms with Crippen LogP contribution in [-0.2, 0) is 4.84 Å². The molecule has 0 radical (unpaired) electrons. The third-order valence-corrected chi connectivity index (χ3v) is 3.98. The van der Waals surface area contributed by atoms with Gasteiger partial charge in [-0.3, -0.25) is 0 Å². The summed E-state index contributed by atoms with van der Waals surface area (Å²) in [5.74, 6) is 0. The molecule has 2 nitrogen and oxygen atoms in total. The van der Waals surface area contributed by atoms with E-state index in [-0.39, 0.29) is 12.4 Å². The fourth-order valence-electron chi connectivity index (χ4n) is 2.64. The van der Waals surface area contributed by atoms with Crippen LogP contribution >= 0.6 is 0 Å². The van der Waals surface area contributed by atoms with Crippen LogP contribution in [0, 0.1) is 0 Å². The number of rotatable bonds is 16. The fraction of sp³-hybridized carbons (Fsp3) is 1.00. The standard InChI is InChI=1S/C19H42NO.ClH/c1-5-6-7-8-9-10-11-12-13-14-15-16-17-18-19-21-20(2,3)4;/h5-19H2,1-4H3;1H/q+1;/p-1. The van der Waals surface area contributed by atoms with Crippen LogP contribution in [-0.4, -0.2) is 32.4 Å². The van der Waals surface area contributed by atoms with Gasteiger partial charge >= 0.3 is 0 Å². The SMILES string of the molecule is CCCCCCCCCCCCCCCCO[N+](C)(C)C.[Cl-]. The van der Waals surface area contributed by atoms with E-state index < -0.39 is 0 Å². The lowest BCUT2D eigenvalue weighted by atomic mass is 10.0. The molecule has 0 unspecified atom stereocenters. The Kier molecular flexibility index (Phi) is 19.5. The third kappa shape index (κ3) is 22.5. The number of hydroxylamine groups is 3. The van der Waals surface area contributed by atoms with Crippen molar-refractivity contribution >= 4 is 0 Å². The van der Waals surface area contributed by atoms with Crippen molar-refractivity contribution in [1.82, 2.24) is 0 Å². The second-order valence-corrected chi connectivity index (χ2v) is 7.32. The van der Waals surface area contributed by atoms with Crippen LogP contribution in [0.15, 0.2) is 0 Å². The predicted octanol–water partition coefficient (Wildman–Crippen LogP) is 3.11. The van der Waals surface area contributed by atoms with Crippen molar-refractivity contribution in [2.75, 3.05) is 27.7 Å². The summed E-state index contributed by atoms with van der Waals surface area (Å²) in [6, 6.07) is 0. The Balaban J connectivity index is 0. The molecule has 0 aromatic rings. The summed E-state index contributed by atoms with van der Waals surface area (Å²) in [6.07, 6.45) is 19.8. The van der Waals surface area contributed by atoms with Gasteiger partial charge in [0.15, 0.2) is 0 Å². The van der Waals surface area contributed by atoms with E-state index in [1.165, 1.54) is 89.9 Å². The predicted molar refractivity (Wildman–Crippen MR) is 94.3 cm³/mol. The van der Waals surface area contributed by atoms with Gasteiger partial charge < -0.3 is 12.4 Å². The average molecular weight is 336 g/mol. The number of quaternary nitrogens is 1. The highest BCUT2D eigenvalue weighted by Gasteiger charge is 2.06. The zero-order chi connectivity index (χ0) is 15.8. The van der Waals surface area contributed by atoms with Crippen LogP contribution < -0.4 is 12.4 Å². The average Bonchev–Trinajstić information content (AvgIpc) is 2.42. The Morgan fingerprint density at radius 1 is 0.545 bits per heavy atom. The molecule has 0 bridgehead atoms. The molecule has 0 aliphatic heterocycles. The Bertz CT molecular complexity index is 204. The molecule has 0 fully saturated rings. The lowest BCUT2D eigenvalue weighted by molar-refractivity contribution is -1.06. The topological polar surface area (TPSA) is 9.23 Å². The molecule has 136 valence electrons. The Morgan fingerprint density at radius 2 is 0.864 bits per heavy atom. The molecule has 0 aliphatic carbocycles. The van der Waals surface area contributed by atoms with E-state index in [9.17, 15) is 0 Å². The fourth-order valence-corrected chi connectivity index (χ4v) is 2.64. The van der Waals surface area contributed by atoms with Gasteiger partial charge in [0.2, 0.25) is 0 Å². The zero-order valence-electron chi connectivity index (χ0n) is 15.8. The first-order chi connectivity index (χ1) is 10.1. The summed E-state index contributed by atoms with van der Waals surface area (Å²) in [6.45, 7) is 3.19. The number of unbranched alkanes of at least 4 members (excludes halogenated alkanes) is 13. The minimum atomic E-state index is 0. The second kappa shape index (κ2) is 17.6. The molecule has 0 N–H and O–H groups in total. The van der Waals surface area contributed by atoms with Crippen LogP contribution in [0.4, 0.5) is 0 Å². The molecule has 0 spiro atoms. The summed E-state index contributed by atoms with van der Waals surface area (Å²) in [4.78, 5) is 5.67. The van der Waals surface area contributed by atoms with Gasteiger partial charge in [-0.2, -0.15) is 4.65 Å². The normalized spacial score (nSPS) is 11.5. The highest BCUT2D eigenvalue weighted by atomic mass is 35.5. The summed E-state index contributed by atoms with van der Waals surface area (Å²) in [5.41, 5.74) is 0. The van der Waals surface area contributed by atoms with Gasteiger partial charge in [0.1, 0.15) is 6.61 Å². The Morgan fingerprint density at radius 3 is 1.18 bits per heavy atom. The minimum Gasteiger partial charge on any atom is -1.00 e. The molecule has 0 amide bonds. The van der Waals surface area contributed by atoms with E-state index in [0.29, 0.717) is 4.65 Å². The van der Waals surface area contributed by atoms with Crippen molar-refractivity contribution in [2.45, 2.75) is 96.8 Å². The first kappa shape index (κ1) is 24.5. The van der Waals surface area contributed by atoms with E-state index in [4.69, 9.17) is 4.84 Å². The highest BCUT2D eigenvalue weighted by Crippen LogP contribution is 2.13. The molecule has 0 heterocycles. The smallest absolute Gasteiger partial charge is 0.106 e. The summed E-state index contributed by atoms with van der Waals surface area (Å²) >= 11 is 0. The molecule has 0 saturated carbocycles. The van der Waals surface area contributed by atoms with Gasteiger partial charge in [0.25, 0.3) is 0 Å². The van der Waals surface area contributed by atoms with Gasteiger partial charge in [-0.15, -0.1) is 0 Å². The Hall–Kier alpha value is 0.210. The van der Waals surface area contributed by atoms with E-state index >= 15 is 0 Å². The van der Waals surface area contributed by atoms with Gasteiger partial charge in [-0.1, -0.05) is 90.4 Å². The van der Waals surface area contributed by atoms with Gasteiger partial charge in [-0.05, 0) is 6.42 Å². The maximum atomic E-state index is 5.67. The van der Waals surface area contributed by atoms with Crippen LogP contribution in [0.3, 0.4) is 0 Å². The lowest BCUT2D eigenvalue weighted by Gasteiger charge is -2.20.